The maximum absolute atomic E-state index is 11.7. The first kappa shape index (κ1) is 17.9. The molecule has 0 saturated carbocycles. The van der Waals surface area contributed by atoms with Crippen LogP contribution < -0.4 is 5.32 Å². The molecule has 0 heterocycles. The van der Waals surface area contributed by atoms with Gasteiger partial charge in [0.2, 0.25) is 11.8 Å². The normalized spacial score (nSPS) is 12.9. The number of carbonyl (C=O) groups excluding carboxylic acids is 2. The van der Waals surface area contributed by atoms with E-state index in [1.807, 2.05) is 20.8 Å². The molecule has 0 fully saturated rings. The Hall–Kier alpha value is -1.14. The highest BCUT2D eigenvalue weighted by Gasteiger charge is 2.21. The lowest BCUT2D eigenvalue weighted by Crippen LogP contribution is -2.40. The van der Waals surface area contributed by atoms with E-state index < -0.39 is 11.5 Å². The van der Waals surface area contributed by atoms with Crippen LogP contribution in [0.15, 0.2) is 0 Å². The fourth-order valence-corrected chi connectivity index (χ4v) is 1.40. The second-order valence-corrected chi connectivity index (χ2v) is 5.64. The molecule has 0 rings (SSSR count). The van der Waals surface area contributed by atoms with E-state index >= 15 is 0 Å². The van der Waals surface area contributed by atoms with Crippen molar-refractivity contribution in [2.24, 2.45) is 5.41 Å². The first-order valence-electron chi connectivity index (χ1n) is 6.37. The Morgan fingerprint density at radius 2 is 1.95 bits per heavy atom. The van der Waals surface area contributed by atoms with E-state index in [-0.39, 0.29) is 31.4 Å². The molecule has 1 unspecified atom stereocenters. The molecule has 0 spiro atoms. The number of hydrogen-bond acceptors (Lipinski definition) is 4. The van der Waals surface area contributed by atoms with Crippen molar-refractivity contribution in [3.63, 3.8) is 0 Å². The van der Waals surface area contributed by atoms with Crippen LogP contribution in [0.25, 0.3) is 0 Å². The number of hydrogen-bond donors (Lipinski definition) is 2. The number of nitrogens with one attached hydrogen (secondary N) is 1. The average Bonchev–Trinajstić information content (AvgIpc) is 2.27. The number of methoxy groups -OCH3 is 1. The van der Waals surface area contributed by atoms with Crippen molar-refractivity contribution >= 4 is 11.8 Å². The summed E-state index contributed by atoms with van der Waals surface area (Å²) in [6.07, 6.45) is -0.471. The van der Waals surface area contributed by atoms with Gasteiger partial charge in [0, 0.05) is 39.1 Å². The minimum Gasteiger partial charge on any atom is -0.389 e. The summed E-state index contributed by atoms with van der Waals surface area (Å²) in [5.74, 6) is -0.202. The molecule has 0 saturated heterocycles. The molecule has 0 aliphatic carbocycles. The quantitative estimate of drug-likeness (QED) is 0.685. The zero-order chi connectivity index (χ0) is 15.1. The molecule has 112 valence electrons. The highest BCUT2D eigenvalue weighted by Crippen LogP contribution is 2.12. The second kappa shape index (κ2) is 8.12. The number of likely N-dealkylation sites (N-methyl/N-ethyl adjacent to an activating group) is 1. The van der Waals surface area contributed by atoms with E-state index in [0.717, 1.165) is 0 Å². The molecule has 0 radical (unpaired) electrons. The number of nitrogens with zero attached hydrogens (tertiary/aromatic N) is 1. The maximum Gasteiger partial charge on any atom is 0.225 e. The Balaban J connectivity index is 3.95. The number of rotatable bonds is 7. The topological polar surface area (TPSA) is 78.9 Å². The average molecular weight is 274 g/mol. The largest absolute Gasteiger partial charge is 0.389 e. The van der Waals surface area contributed by atoms with Crippen molar-refractivity contribution in [1.29, 1.82) is 0 Å². The number of carbonyl (C=O) groups is 2. The summed E-state index contributed by atoms with van der Waals surface area (Å²) in [4.78, 5) is 24.8. The smallest absolute Gasteiger partial charge is 0.225 e. The number of aliphatic hydroxyl groups excluding tert-OH is 1. The molecule has 0 bridgehead atoms. The van der Waals surface area contributed by atoms with Crippen LogP contribution in [0.1, 0.15) is 27.2 Å². The van der Waals surface area contributed by atoms with Crippen LogP contribution in [0.5, 0.6) is 0 Å². The summed E-state index contributed by atoms with van der Waals surface area (Å²) in [7, 11) is 3.11. The van der Waals surface area contributed by atoms with Gasteiger partial charge in [-0.2, -0.15) is 0 Å². The fraction of sp³-hybridized carbons (Fsp3) is 0.846. The van der Waals surface area contributed by atoms with Crippen molar-refractivity contribution in [1.82, 2.24) is 10.2 Å². The van der Waals surface area contributed by atoms with Crippen LogP contribution in [0.3, 0.4) is 0 Å². The summed E-state index contributed by atoms with van der Waals surface area (Å²) in [6.45, 7) is 6.17. The third kappa shape index (κ3) is 7.79. The zero-order valence-corrected chi connectivity index (χ0v) is 12.5. The molecular formula is C13H26N2O4. The summed E-state index contributed by atoms with van der Waals surface area (Å²) in [5, 5.41) is 12.2. The van der Waals surface area contributed by atoms with Crippen molar-refractivity contribution in [3.8, 4) is 0 Å². The molecule has 0 aromatic carbocycles. The Kier molecular flexibility index (Phi) is 7.63. The van der Waals surface area contributed by atoms with E-state index in [1.54, 1.807) is 7.05 Å². The molecule has 2 amide bonds. The molecule has 1 atom stereocenters. The maximum atomic E-state index is 11.7. The van der Waals surface area contributed by atoms with E-state index in [2.05, 4.69) is 5.32 Å². The fourth-order valence-electron chi connectivity index (χ4n) is 1.40. The van der Waals surface area contributed by atoms with Gasteiger partial charge in [0.25, 0.3) is 0 Å². The molecule has 19 heavy (non-hydrogen) atoms. The van der Waals surface area contributed by atoms with Gasteiger partial charge in [-0.3, -0.25) is 9.59 Å². The summed E-state index contributed by atoms with van der Waals surface area (Å²) in [6, 6.07) is 0. The Bertz CT molecular complexity index is 300. The van der Waals surface area contributed by atoms with Gasteiger partial charge in [-0.25, -0.2) is 0 Å². The first-order valence-corrected chi connectivity index (χ1v) is 6.37. The lowest BCUT2D eigenvalue weighted by Gasteiger charge is -2.21. The van der Waals surface area contributed by atoms with Crippen molar-refractivity contribution in [2.75, 3.05) is 33.9 Å². The molecule has 0 aliphatic rings. The van der Waals surface area contributed by atoms with Gasteiger partial charge in [-0.15, -0.1) is 0 Å². The van der Waals surface area contributed by atoms with E-state index in [0.29, 0.717) is 6.54 Å². The standard InChI is InChI=1S/C13H26N2O4/c1-13(2,3)12(18)14-7-6-11(17)15(4)8-10(16)9-19-5/h10,16H,6-9H2,1-5H3,(H,14,18). The van der Waals surface area contributed by atoms with Gasteiger partial charge in [0.15, 0.2) is 0 Å². The molecule has 0 aliphatic heterocycles. The van der Waals surface area contributed by atoms with E-state index in [1.165, 1.54) is 12.0 Å². The third-order valence-electron chi connectivity index (χ3n) is 2.58. The minimum atomic E-state index is -0.692. The number of ether oxygens (including phenoxy) is 1. The first-order chi connectivity index (χ1) is 8.68. The highest BCUT2D eigenvalue weighted by molar-refractivity contribution is 5.82. The van der Waals surface area contributed by atoms with Gasteiger partial charge >= 0.3 is 0 Å². The van der Waals surface area contributed by atoms with Crippen LogP contribution >= 0.6 is 0 Å². The molecule has 2 N–H and O–H groups in total. The zero-order valence-electron chi connectivity index (χ0n) is 12.5. The van der Waals surface area contributed by atoms with E-state index in [9.17, 15) is 14.7 Å². The Labute approximate surface area is 115 Å². The second-order valence-electron chi connectivity index (χ2n) is 5.64. The van der Waals surface area contributed by atoms with Crippen molar-refractivity contribution in [3.05, 3.63) is 0 Å². The SMILES string of the molecule is COCC(O)CN(C)C(=O)CCNC(=O)C(C)(C)C. The Morgan fingerprint density at radius 1 is 1.37 bits per heavy atom. The number of aliphatic hydroxyl groups is 1. The summed E-state index contributed by atoms with van der Waals surface area (Å²) < 4.78 is 4.79. The summed E-state index contributed by atoms with van der Waals surface area (Å²) in [5.41, 5.74) is -0.455. The van der Waals surface area contributed by atoms with Crippen molar-refractivity contribution in [2.45, 2.75) is 33.3 Å². The van der Waals surface area contributed by atoms with Crippen LogP contribution in [0.4, 0.5) is 0 Å². The highest BCUT2D eigenvalue weighted by atomic mass is 16.5. The van der Waals surface area contributed by atoms with E-state index in [4.69, 9.17) is 4.74 Å². The predicted molar refractivity (Wildman–Crippen MR) is 72.6 cm³/mol. The monoisotopic (exact) mass is 274 g/mol. The van der Waals surface area contributed by atoms with Gasteiger partial charge in [-0.05, 0) is 0 Å². The lowest BCUT2D eigenvalue weighted by molar-refractivity contribution is -0.132. The Morgan fingerprint density at radius 3 is 2.42 bits per heavy atom. The molecule has 6 nitrogen and oxygen atoms in total. The molecular weight excluding hydrogens is 248 g/mol. The predicted octanol–water partition coefficient (Wildman–Crippen LogP) is 0.00450. The van der Waals surface area contributed by atoms with Gasteiger partial charge in [-0.1, -0.05) is 20.8 Å². The van der Waals surface area contributed by atoms with Crippen LogP contribution in [-0.4, -0.2) is 61.8 Å². The third-order valence-corrected chi connectivity index (χ3v) is 2.58. The van der Waals surface area contributed by atoms with Crippen molar-refractivity contribution < 1.29 is 19.4 Å². The number of amides is 2. The summed E-state index contributed by atoms with van der Waals surface area (Å²) >= 11 is 0. The molecule has 6 heteroatoms. The van der Waals surface area contributed by atoms with Crippen LogP contribution in [0, 0.1) is 5.41 Å². The lowest BCUT2D eigenvalue weighted by atomic mass is 9.96. The molecule has 0 aromatic heterocycles. The van der Waals surface area contributed by atoms with Gasteiger partial charge < -0.3 is 20.1 Å². The molecule has 0 aromatic rings. The minimum absolute atomic E-state index is 0.0811. The van der Waals surface area contributed by atoms with Crippen LogP contribution in [-0.2, 0) is 14.3 Å². The van der Waals surface area contributed by atoms with Gasteiger partial charge in [0.1, 0.15) is 0 Å². The van der Waals surface area contributed by atoms with Gasteiger partial charge in [0.05, 0.1) is 12.7 Å². The van der Waals surface area contributed by atoms with Crippen LogP contribution in [0.2, 0.25) is 0 Å².